The van der Waals surface area contributed by atoms with E-state index in [0.29, 0.717) is 21.8 Å². The number of carbonyl (C=O) groups excluding carboxylic acids is 3. The molecular weight excluding hydrogens is 316 g/mol. The molecule has 5 nitrogen and oxygen atoms in total. The monoisotopic (exact) mass is 330 g/mol. The first-order chi connectivity index (χ1) is 11.0. The summed E-state index contributed by atoms with van der Waals surface area (Å²) >= 11 is 5.83. The summed E-state index contributed by atoms with van der Waals surface area (Å²) in [5.74, 6) is -0.856. The Morgan fingerprint density at radius 2 is 1.70 bits per heavy atom. The molecule has 0 atom stereocenters. The number of carbonyl (C=O) groups is 3. The first-order valence-electron chi connectivity index (χ1n) is 6.90. The van der Waals surface area contributed by atoms with Crippen LogP contribution in [0.15, 0.2) is 48.5 Å². The Balaban J connectivity index is 1.99. The molecule has 0 fully saturated rings. The summed E-state index contributed by atoms with van der Waals surface area (Å²) in [6.45, 7) is 1.25. The lowest BCUT2D eigenvalue weighted by atomic mass is 10.1. The number of Topliss-reactive ketones (excluding diaryl/α,β-unsaturated/α-hetero) is 1. The molecule has 2 N–H and O–H groups in total. The van der Waals surface area contributed by atoms with Gasteiger partial charge in [0.05, 0.1) is 6.54 Å². The first-order valence-corrected chi connectivity index (χ1v) is 7.28. The third-order valence-electron chi connectivity index (χ3n) is 3.00. The number of halogens is 1. The van der Waals surface area contributed by atoms with Gasteiger partial charge in [-0.2, -0.15) is 0 Å². The maximum absolute atomic E-state index is 12.1. The molecule has 23 heavy (non-hydrogen) atoms. The van der Waals surface area contributed by atoms with E-state index in [-0.39, 0.29) is 18.2 Å². The van der Waals surface area contributed by atoms with Crippen molar-refractivity contribution >= 4 is 34.9 Å². The Hall–Kier alpha value is -2.66. The van der Waals surface area contributed by atoms with Crippen LogP contribution in [0.4, 0.5) is 5.69 Å². The van der Waals surface area contributed by atoms with Crippen molar-refractivity contribution in [1.29, 1.82) is 0 Å². The van der Waals surface area contributed by atoms with Gasteiger partial charge >= 0.3 is 0 Å². The summed E-state index contributed by atoms with van der Waals surface area (Å²) in [5, 5.41) is 5.61. The molecule has 6 heteroatoms. The van der Waals surface area contributed by atoms with Crippen LogP contribution in [0.2, 0.25) is 5.02 Å². The SMILES string of the molecule is CC(=O)Nc1cccc(C(=O)NCC(=O)c2cccc(Cl)c2)c1. The van der Waals surface area contributed by atoms with Crippen molar-refractivity contribution in [3.05, 3.63) is 64.7 Å². The van der Waals surface area contributed by atoms with Gasteiger partial charge in [-0.25, -0.2) is 0 Å². The second-order valence-electron chi connectivity index (χ2n) is 4.88. The molecule has 2 aromatic rings. The molecule has 118 valence electrons. The Labute approximate surface area is 138 Å². The predicted octanol–water partition coefficient (Wildman–Crippen LogP) is 2.91. The van der Waals surface area contributed by atoms with Crippen LogP contribution in [-0.4, -0.2) is 24.1 Å². The van der Waals surface area contributed by atoms with Crippen LogP contribution in [0, 0.1) is 0 Å². The van der Waals surface area contributed by atoms with Crippen LogP contribution in [-0.2, 0) is 4.79 Å². The number of amides is 2. The Morgan fingerprint density at radius 1 is 1.00 bits per heavy atom. The lowest BCUT2D eigenvalue weighted by molar-refractivity contribution is -0.114. The lowest BCUT2D eigenvalue weighted by Crippen LogP contribution is -2.29. The van der Waals surface area contributed by atoms with Crippen LogP contribution in [0.1, 0.15) is 27.6 Å². The van der Waals surface area contributed by atoms with E-state index in [1.807, 2.05) is 0 Å². The van der Waals surface area contributed by atoms with Crippen LogP contribution in [0.5, 0.6) is 0 Å². The van der Waals surface area contributed by atoms with E-state index in [1.54, 1.807) is 48.5 Å². The third kappa shape index (κ3) is 4.93. The zero-order valence-electron chi connectivity index (χ0n) is 12.4. The van der Waals surface area contributed by atoms with Gasteiger partial charge in [0.1, 0.15) is 0 Å². The molecule has 0 saturated carbocycles. The Bertz CT molecular complexity index is 759. The fourth-order valence-electron chi connectivity index (χ4n) is 1.97. The quantitative estimate of drug-likeness (QED) is 0.828. The molecule has 2 amide bonds. The average Bonchev–Trinajstić information content (AvgIpc) is 2.52. The molecular formula is C17H15ClN2O3. The van der Waals surface area contributed by atoms with Crippen molar-refractivity contribution in [2.75, 3.05) is 11.9 Å². The van der Waals surface area contributed by atoms with Crippen LogP contribution < -0.4 is 10.6 Å². The van der Waals surface area contributed by atoms with E-state index >= 15 is 0 Å². The largest absolute Gasteiger partial charge is 0.345 e. The summed E-state index contributed by atoms with van der Waals surface area (Å²) in [6, 6.07) is 13.0. The van der Waals surface area contributed by atoms with E-state index in [0.717, 1.165) is 0 Å². The molecule has 0 aliphatic carbocycles. The summed E-state index contributed by atoms with van der Waals surface area (Å²) in [4.78, 5) is 35.1. The van der Waals surface area contributed by atoms with Gasteiger partial charge in [0.25, 0.3) is 5.91 Å². The van der Waals surface area contributed by atoms with Crippen molar-refractivity contribution in [1.82, 2.24) is 5.32 Å². The standard InChI is InChI=1S/C17H15ClN2O3/c1-11(21)20-15-7-3-5-13(9-15)17(23)19-10-16(22)12-4-2-6-14(18)8-12/h2-9H,10H2,1H3,(H,19,23)(H,20,21). The minimum atomic E-state index is -0.396. The maximum atomic E-state index is 12.1. The molecule has 2 rings (SSSR count). The topological polar surface area (TPSA) is 75.3 Å². The highest BCUT2D eigenvalue weighted by Gasteiger charge is 2.11. The number of anilines is 1. The van der Waals surface area contributed by atoms with Gasteiger partial charge in [-0.05, 0) is 30.3 Å². The van der Waals surface area contributed by atoms with Gasteiger partial charge in [0, 0.05) is 28.8 Å². The second-order valence-corrected chi connectivity index (χ2v) is 5.31. The minimum absolute atomic E-state index is 0.135. The van der Waals surface area contributed by atoms with Gasteiger partial charge in [-0.3, -0.25) is 14.4 Å². The molecule has 0 unspecified atom stereocenters. The molecule has 0 radical (unpaired) electrons. The Kier molecular flexibility index (Phi) is 5.49. The minimum Gasteiger partial charge on any atom is -0.345 e. The summed E-state index contributed by atoms with van der Waals surface area (Å²) < 4.78 is 0. The van der Waals surface area contributed by atoms with E-state index in [9.17, 15) is 14.4 Å². The third-order valence-corrected chi connectivity index (χ3v) is 3.24. The normalized spacial score (nSPS) is 10.0. The molecule has 0 saturated heterocycles. The fourth-order valence-corrected chi connectivity index (χ4v) is 2.16. The lowest BCUT2D eigenvalue weighted by Gasteiger charge is -2.07. The zero-order valence-corrected chi connectivity index (χ0v) is 13.2. The van der Waals surface area contributed by atoms with E-state index in [4.69, 9.17) is 11.6 Å². The Morgan fingerprint density at radius 3 is 2.39 bits per heavy atom. The molecule has 0 spiro atoms. The number of hydrogen-bond donors (Lipinski definition) is 2. The van der Waals surface area contributed by atoms with Crippen molar-refractivity contribution in [2.45, 2.75) is 6.92 Å². The van der Waals surface area contributed by atoms with Gasteiger partial charge in [0.15, 0.2) is 5.78 Å². The first kappa shape index (κ1) is 16.7. The molecule has 0 aromatic heterocycles. The van der Waals surface area contributed by atoms with Gasteiger partial charge < -0.3 is 10.6 Å². The predicted molar refractivity (Wildman–Crippen MR) is 88.9 cm³/mol. The molecule has 0 heterocycles. The van der Waals surface area contributed by atoms with Gasteiger partial charge in [-0.15, -0.1) is 0 Å². The van der Waals surface area contributed by atoms with Crippen LogP contribution >= 0.6 is 11.6 Å². The molecule has 0 bridgehead atoms. The average molecular weight is 331 g/mol. The smallest absolute Gasteiger partial charge is 0.251 e. The van der Waals surface area contributed by atoms with E-state index < -0.39 is 5.91 Å². The van der Waals surface area contributed by atoms with Gasteiger partial charge in [-0.1, -0.05) is 29.8 Å². The maximum Gasteiger partial charge on any atom is 0.251 e. The highest BCUT2D eigenvalue weighted by molar-refractivity contribution is 6.31. The van der Waals surface area contributed by atoms with Crippen LogP contribution in [0.3, 0.4) is 0 Å². The zero-order chi connectivity index (χ0) is 16.8. The number of nitrogens with one attached hydrogen (secondary N) is 2. The highest BCUT2D eigenvalue weighted by Crippen LogP contribution is 2.12. The van der Waals surface area contributed by atoms with Crippen molar-refractivity contribution in [3.63, 3.8) is 0 Å². The second kappa shape index (κ2) is 7.56. The number of ketones is 1. The molecule has 0 aliphatic rings. The van der Waals surface area contributed by atoms with Gasteiger partial charge in [0.2, 0.25) is 5.91 Å². The molecule has 2 aromatic carbocycles. The van der Waals surface area contributed by atoms with E-state index in [1.165, 1.54) is 6.92 Å². The van der Waals surface area contributed by atoms with Crippen LogP contribution in [0.25, 0.3) is 0 Å². The summed E-state index contributed by atoms with van der Waals surface area (Å²) in [6.07, 6.45) is 0. The van der Waals surface area contributed by atoms with Crippen molar-refractivity contribution < 1.29 is 14.4 Å². The van der Waals surface area contributed by atoms with Crippen molar-refractivity contribution in [2.24, 2.45) is 0 Å². The highest BCUT2D eigenvalue weighted by atomic mass is 35.5. The number of rotatable bonds is 5. The number of hydrogen-bond acceptors (Lipinski definition) is 3. The molecule has 0 aliphatic heterocycles. The summed E-state index contributed by atoms with van der Waals surface area (Å²) in [7, 11) is 0. The fraction of sp³-hybridized carbons (Fsp3) is 0.118. The van der Waals surface area contributed by atoms with Crippen molar-refractivity contribution in [3.8, 4) is 0 Å². The summed E-state index contributed by atoms with van der Waals surface area (Å²) in [5.41, 5.74) is 1.31. The number of benzene rings is 2. The van der Waals surface area contributed by atoms with E-state index in [2.05, 4.69) is 10.6 Å².